The van der Waals surface area contributed by atoms with Crippen LogP contribution in [-0.2, 0) is 4.74 Å². The third-order valence-electron chi connectivity index (χ3n) is 3.04. The molecule has 1 amide bonds. The van der Waals surface area contributed by atoms with Gasteiger partial charge in [0, 0.05) is 18.3 Å². The number of hydrogen-bond acceptors (Lipinski definition) is 6. The molecule has 4 N–H and O–H groups in total. The predicted octanol–water partition coefficient (Wildman–Crippen LogP) is 0.368. The maximum Gasteiger partial charge on any atom is 0.270 e. The molecule has 0 aliphatic carbocycles. The summed E-state index contributed by atoms with van der Waals surface area (Å²) in [7, 11) is 0. The van der Waals surface area contributed by atoms with Crippen molar-refractivity contribution < 1.29 is 9.53 Å². The van der Waals surface area contributed by atoms with Gasteiger partial charge in [-0.3, -0.25) is 10.2 Å². The van der Waals surface area contributed by atoms with E-state index in [1.165, 1.54) is 0 Å². The summed E-state index contributed by atoms with van der Waals surface area (Å²) < 4.78 is 5.45. The molecular formula is C12H19N5O2. The third kappa shape index (κ3) is 3.62. The number of nitrogens with two attached hydrogens (primary N) is 1. The molecule has 7 nitrogen and oxygen atoms in total. The van der Waals surface area contributed by atoms with Crippen molar-refractivity contribution in [2.75, 3.05) is 12.0 Å². The van der Waals surface area contributed by atoms with E-state index in [2.05, 4.69) is 20.7 Å². The van der Waals surface area contributed by atoms with Crippen LogP contribution in [-0.4, -0.2) is 34.6 Å². The Morgan fingerprint density at radius 3 is 3.00 bits per heavy atom. The fourth-order valence-corrected chi connectivity index (χ4v) is 2.14. The highest BCUT2D eigenvalue weighted by atomic mass is 16.5. The molecule has 1 aliphatic rings. The van der Waals surface area contributed by atoms with Gasteiger partial charge in [0.25, 0.3) is 5.91 Å². The van der Waals surface area contributed by atoms with Crippen molar-refractivity contribution in [2.24, 2.45) is 5.84 Å². The number of ether oxygens (including phenoxy) is 1. The Morgan fingerprint density at radius 2 is 2.32 bits per heavy atom. The molecular weight excluding hydrogens is 246 g/mol. The number of anilines is 1. The first-order valence-corrected chi connectivity index (χ1v) is 6.33. The Balaban J connectivity index is 2.05. The second-order valence-corrected chi connectivity index (χ2v) is 4.74. The Morgan fingerprint density at radius 1 is 1.53 bits per heavy atom. The zero-order valence-corrected chi connectivity index (χ0v) is 11.1. The highest BCUT2D eigenvalue weighted by molar-refractivity contribution is 5.92. The number of hydrazine groups is 1. The Kier molecular flexibility index (Phi) is 4.28. The van der Waals surface area contributed by atoms with Gasteiger partial charge in [0.15, 0.2) is 0 Å². The standard InChI is InChI=1S/C12H19N5O2/c1-7-5-10(16-12(14-7)17-13)11(18)15-9-3-4-19-8(2)6-9/h5,8-9H,3-4,6,13H2,1-2H3,(H,15,18)(H,14,16,17). The minimum atomic E-state index is -0.207. The molecule has 2 heterocycles. The average Bonchev–Trinajstić information content (AvgIpc) is 2.38. The van der Waals surface area contributed by atoms with Crippen LogP contribution < -0.4 is 16.6 Å². The number of nitrogens with zero attached hydrogens (tertiary/aromatic N) is 2. The summed E-state index contributed by atoms with van der Waals surface area (Å²) in [6.45, 7) is 4.46. The van der Waals surface area contributed by atoms with Gasteiger partial charge in [-0.1, -0.05) is 0 Å². The Bertz CT molecular complexity index is 465. The van der Waals surface area contributed by atoms with Gasteiger partial charge >= 0.3 is 0 Å². The first-order valence-electron chi connectivity index (χ1n) is 6.33. The van der Waals surface area contributed by atoms with Gasteiger partial charge in [-0.25, -0.2) is 15.8 Å². The van der Waals surface area contributed by atoms with E-state index in [-0.39, 0.29) is 24.0 Å². The maximum absolute atomic E-state index is 12.1. The maximum atomic E-state index is 12.1. The second kappa shape index (κ2) is 5.94. The number of nitrogens with one attached hydrogen (secondary N) is 2. The highest BCUT2D eigenvalue weighted by Crippen LogP contribution is 2.14. The summed E-state index contributed by atoms with van der Waals surface area (Å²) in [6.07, 6.45) is 1.81. The average molecular weight is 265 g/mol. The van der Waals surface area contributed by atoms with Crippen LogP contribution in [0, 0.1) is 6.92 Å². The van der Waals surface area contributed by atoms with Gasteiger partial charge in [-0.2, -0.15) is 0 Å². The summed E-state index contributed by atoms with van der Waals surface area (Å²) >= 11 is 0. The van der Waals surface area contributed by atoms with Crippen molar-refractivity contribution in [1.29, 1.82) is 0 Å². The molecule has 0 radical (unpaired) electrons. The minimum absolute atomic E-state index is 0.126. The predicted molar refractivity (Wildman–Crippen MR) is 70.5 cm³/mol. The number of aromatic nitrogens is 2. The molecule has 7 heteroatoms. The lowest BCUT2D eigenvalue weighted by Gasteiger charge is -2.27. The van der Waals surface area contributed by atoms with Crippen LogP contribution >= 0.6 is 0 Å². The summed E-state index contributed by atoms with van der Waals surface area (Å²) in [5.41, 5.74) is 3.36. The molecule has 104 valence electrons. The van der Waals surface area contributed by atoms with Crippen molar-refractivity contribution >= 4 is 11.9 Å². The molecule has 2 atom stereocenters. The van der Waals surface area contributed by atoms with E-state index < -0.39 is 0 Å². The number of aryl methyl sites for hydroxylation is 1. The van der Waals surface area contributed by atoms with Crippen molar-refractivity contribution in [3.8, 4) is 0 Å². The molecule has 2 rings (SSSR count). The van der Waals surface area contributed by atoms with E-state index in [4.69, 9.17) is 10.6 Å². The van der Waals surface area contributed by atoms with Crippen LogP contribution in [0.15, 0.2) is 6.07 Å². The zero-order chi connectivity index (χ0) is 13.8. The van der Waals surface area contributed by atoms with Gasteiger partial charge in [0.05, 0.1) is 6.10 Å². The van der Waals surface area contributed by atoms with Gasteiger partial charge in [0.2, 0.25) is 5.95 Å². The first kappa shape index (κ1) is 13.7. The van der Waals surface area contributed by atoms with Crippen molar-refractivity contribution in [3.63, 3.8) is 0 Å². The lowest BCUT2D eigenvalue weighted by Crippen LogP contribution is -2.41. The highest BCUT2D eigenvalue weighted by Gasteiger charge is 2.22. The van der Waals surface area contributed by atoms with Gasteiger partial charge < -0.3 is 10.1 Å². The van der Waals surface area contributed by atoms with Crippen molar-refractivity contribution in [1.82, 2.24) is 15.3 Å². The van der Waals surface area contributed by atoms with E-state index in [0.717, 1.165) is 12.8 Å². The second-order valence-electron chi connectivity index (χ2n) is 4.74. The van der Waals surface area contributed by atoms with Crippen LogP contribution in [0.3, 0.4) is 0 Å². The number of carbonyl (C=O) groups excluding carboxylic acids is 1. The molecule has 1 aromatic heterocycles. The third-order valence-corrected chi connectivity index (χ3v) is 3.04. The smallest absolute Gasteiger partial charge is 0.270 e. The normalized spacial score (nSPS) is 22.9. The molecule has 1 aromatic rings. The van der Waals surface area contributed by atoms with E-state index >= 15 is 0 Å². The van der Waals surface area contributed by atoms with Crippen LogP contribution in [0.4, 0.5) is 5.95 Å². The molecule has 0 saturated carbocycles. The largest absolute Gasteiger partial charge is 0.378 e. The van der Waals surface area contributed by atoms with Crippen LogP contribution in [0.25, 0.3) is 0 Å². The van der Waals surface area contributed by atoms with E-state index in [9.17, 15) is 4.79 Å². The number of nitrogen functional groups attached to an aromatic ring is 1. The molecule has 0 spiro atoms. The topological polar surface area (TPSA) is 102 Å². The lowest BCUT2D eigenvalue weighted by atomic mass is 10.0. The quantitative estimate of drug-likeness (QED) is 0.539. The first-order chi connectivity index (χ1) is 9.08. The summed E-state index contributed by atoms with van der Waals surface area (Å²) in [5, 5.41) is 2.97. The summed E-state index contributed by atoms with van der Waals surface area (Å²) in [4.78, 5) is 20.2. The fourth-order valence-electron chi connectivity index (χ4n) is 2.14. The Labute approximate surface area is 111 Å². The lowest BCUT2D eigenvalue weighted by molar-refractivity contribution is 0.0136. The van der Waals surface area contributed by atoms with Crippen molar-refractivity contribution in [3.05, 3.63) is 17.5 Å². The number of hydrogen-bond donors (Lipinski definition) is 3. The van der Waals surface area contributed by atoms with Gasteiger partial charge in [-0.15, -0.1) is 0 Å². The molecule has 0 bridgehead atoms. The van der Waals surface area contributed by atoms with Crippen LogP contribution in [0.1, 0.15) is 35.9 Å². The molecule has 19 heavy (non-hydrogen) atoms. The molecule has 0 aromatic carbocycles. The summed E-state index contributed by atoms with van der Waals surface area (Å²) in [6, 6.07) is 1.76. The SMILES string of the molecule is Cc1cc(C(=O)NC2CCOC(C)C2)nc(NN)n1. The minimum Gasteiger partial charge on any atom is -0.378 e. The number of amides is 1. The van der Waals surface area contributed by atoms with Crippen molar-refractivity contribution in [2.45, 2.75) is 38.8 Å². The zero-order valence-electron chi connectivity index (χ0n) is 11.1. The fraction of sp³-hybridized carbons (Fsp3) is 0.583. The van der Waals surface area contributed by atoms with Crippen LogP contribution in [0.5, 0.6) is 0 Å². The van der Waals surface area contributed by atoms with Gasteiger partial charge in [-0.05, 0) is 32.8 Å². The van der Waals surface area contributed by atoms with Crippen LogP contribution in [0.2, 0.25) is 0 Å². The monoisotopic (exact) mass is 265 g/mol. The van der Waals surface area contributed by atoms with E-state index in [1.807, 2.05) is 6.92 Å². The molecule has 1 fully saturated rings. The number of carbonyl (C=O) groups is 1. The van der Waals surface area contributed by atoms with E-state index in [1.54, 1.807) is 13.0 Å². The number of rotatable bonds is 3. The Hall–Kier alpha value is -1.73. The summed E-state index contributed by atoms with van der Waals surface area (Å²) in [5.74, 6) is 5.30. The molecule has 1 saturated heterocycles. The van der Waals surface area contributed by atoms with E-state index in [0.29, 0.717) is 18.0 Å². The van der Waals surface area contributed by atoms with Gasteiger partial charge in [0.1, 0.15) is 5.69 Å². The molecule has 2 unspecified atom stereocenters. The molecule has 1 aliphatic heterocycles.